The Morgan fingerprint density at radius 1 is 1.17 bits per heavy atom. The van der Waals surface area contributed by atoms with Crippen molar-refractivity contribution in [2.45, 2.75) is 32.0 Å². The summed E-state index contributed by atoms with van der Waals surface area (Å²) in [7, 11) is 0. The van der Waals surface area contributed by atoms with E-state index in [9.17, 15) is 9.50 Å². The van der Waals surface area contributed by atoms with Crippen molar-refractivity contribution in [3.05, 3.63) is 65.5 Å². The number of hydrogen-bond acceptors (Lipinski definition) is 3. The molecule has 126 valence electrons. The third kappa shape index (κ3) is 5.38. The highest BCUT2D eigenvalue weighted by Crippen LogP contribution is 2.18. The monoisotopic (exact) mass is 327 g/mol. The molecule has 4 heteroatoms. The Balaban J connectivity index is 1.83. The van der Waals surface area contributed by atoms with E-state index in [2.05, 4.69) is 11.2 Å². The number of benzene rings is 2. The van der Waals surface area contributed by atoms with Gasteiger partial charge in [0.2, 0.25) is 0 Å². The number of ether oxygens (including phenoxy) is 1. The van der Waals surface area contributed by atoms with Crippen molar-refractivity contribution in [2.75, 3.05) is 6.61 Å². The van der Waals surface area contributed by atoms with Gasteiger partial charge in [0.25, 0.3) is 0 Å². The summed E-state index contributed by atoms with van der Waals surface area (Å²) in [5, 5.41) is 13.6. The number of hydrogen-bond donors (Lipinski definition) is 2. The van der Waals surface area contributed by atoms with Crippen molar-refractivity contribution in [3.63, 3.8) is 0 Å². The molecule has 2 aromatic carbocycles. The zero-order valence-corrected chi connectivity index (χ0v) is 13.7. The molecule has 0 fully saturated rings. The van der Waals surface area contributed by atoms with Crippen LogP contribution in [0.5, 0.6) is 5.75 Å². The van der Waals surface area contributed by atoms with Gasteiger partial charge >= 0.3 is 0 Å². The first-order chi connectivity index (χ1) is 11.6. The topological polar surface area (TPSA) is 41.5 Å². The van der Waals surface area contributed by atoms with Crippen LogP contribution in [-0.2, 0) is 6.54 Å². The number of halogens is 1. The molecule has 2 N–H and O–H groups in total. The van der Waals surface area contributed by atoms with Gasteiger partial charge in [-0.15, -0.1) is 12.3 Å². The van der Waals surface area contributed by atoms with E-state index >= 15 is 0 Å². The maximum atomic E-state index is 12.9. The predicted molar refractivity (Wildman–Crippen MR) is 93.0 cm³/mol. The summed E-state index contributed by atoms with van der Waals surface area (Å²) < 4.78 is 18.4. The molecule has 0 saturated heterocycles. The molecule has 0 aliphatic carbocycles. The van der Waals surface area contributed by atoms with Gasteiger partial charge in [-0.1, -0.05) is 24.3 Å². The summed E-state index contributed by atoms with van der Waals surface area (Å²) in [6.45, 7) is 3.02. The Labute approximate surface area is 142 Å². The molecule has 0 aliphatic rings. The zero-order chi connectivity index (χ0) is 17.4. The first kappa shape index (κ1) is 18.0. The Morgan fingerprint density at radius 3 is 2.46 bits per heavy atom. The van der Waals surface area contributed by atoms with Gasteiger partial charge in [0.15, 0.2) is 0 Å². The second-order valence-corrected chi connectivity index (χ2v) is 5.61. The summed E-state index contributed by atoms with van der Waals surface area (Å²) in [6, 6.07) is 13.5. The molecule has 2 aromatic rings. The lowest BCUT2D eigenvalue weighted by atomic mass is 10.0. The minimum absolute atomic E-state index is 0.165. The van der Waals surface area contributed by atoms with Gasteiger partial charge in [0.05, 0.1) is 12.7 Å². The molecule has 0 aromatic heterocycles. The van der Waals surface area contributed by atoms with E-state index < -0.39 is 6.10 Å². The second-order valence-electron chi connectivity index (χ2n) is 5.61. The third-order valence-electron chi connectivity index (χ3n) is 3.75. The van der Waals surface area contributed by atoms with Crippen LogP contribution in [0.15, 0.2) is 48.5 Å². The van der Waals surface area contributed by atoms with E-state index in [0.29, 0.717) is 25.1 Å². The van der Waals surface area contributed by atoms with E-state index in [0.717, 1.165) is 11.3 Å². The molecule has 0 amide bonds. The average molecular weight is 327 g/mol. The van der Waals surface area contributed by atoms with Crippen LogP contribution < -0.4 is 10.1 Å². The van der Waals surface area contributed by atoms with E-state index in [1.54, 1.807) is 12.1 Å². The lowest BCUT2D eigenvalue weighted by Crippen LogP contribution is -2.31. The van der Waals surface area contributed by atoms with Crippen LogP contribution in [0.4, 0.5) is 4.39 Å². The summed E-state index contributed by atoms with van der Waals surface area (Å²) in [5.74, 6) is 3.01. The van der Waals surface area contributed by atoms with Gasteiger partial charge in [-0.05, 0) is 42.3 Å². The number of rotatable bonds is 8. The molecule has 24 heavy (non-hydrogen) atoms. The molecule has 2 atom stereocenters. The van der Waals surface area contributed by atoms with Crippen LogP contribution in [0.1, 0.15) is 30.6 Å². The first-order valence-corrected chi connectivity index (χ1v) is 7.92. The maximum absolute atomic E-state index is 12.9. The number of nitrogens with one attached hydrogen (secondary N) is 1. The van der Waals surface area contributed by atoms with Gasteiger partial charge in [-0.2, -0.15) is 0 Å². The highest BCUT2D eigenvalue weighted by atomic mass is 19.1. The molecule has 0 aliphatic heterocycles. The smallest absolute Gasteiger partial charge is 0.123 e. The molecule has 0 bridgehead atoms. The van der Waals surface area contributed by atoms with E-state index in [1.165, 1.54) is 12.1 Å². The number of aliphatic hydroxyl groups is 1. The minimum Gasteiger partial charge on any atom is -0.493 e. The standard InChI is InChI=1S/C20H22FNO2/c1-3-4-13-24-19-11-5-16(6-12-19)14-22-15(2)20(23)17-7-9-18(21)10-8-17/h1,5-12,15,20,22-23H,4,13-14H2,2H3. The van der Waals surface area contributed by atoms with Gasteiger partial charge < -0.3 is 15.2 Å². The molecule has 0 saturated carbocycles. The molecular formula is C20H22FNO2. The highest BCUT2D eigenvalue weighted by Gasteiger charge is 2.15. The van der Waals surface area contributed by atoms with Crippen molar-refractivity contribution >= 4 is 0 Å². The summed E-state index contributed by atoms with van der Waals surface area (Å²) in [6.07, 6.45) is 5.07. The Bertz CT molecular complexity index is 662. The first-order valence-electron chi connectivity index (χ1n) is 7.92. The lowest BCUT2D eigenvalue weighted by molar-refractivity contribution is 0.135. The predicted octanol–water partition coefficient (Wildman–Crippen LogP) is 3.44. The fraction of sp³-hybridized carbons (Fsp3) is 0.300. The second kappa shape index (κ2) is 9.07. The fourth-order valence-corrected chi connectivity index (χ4v) is 2.27. The van der Waals surface area contributed by atoms with Crippen molar-refractivity contribution < 1.29 is 14.2 Å². The van der Waals surface area contributed by atoms with Crippen molar-refractivity contribution in [1.82, 2.24) is 5.32 Å². The minimum atomic E-state index is -0.697. The fourth-order valence-electron chi connectivity index (χ4n) is 2.27. The van der Waals surface area contributed by atoms with Crippen LogP contribution in [0.25, 0.3) is 0 Å². The van der Waals surface area contributed by atoms with Crippen LogP contribution in [-0.4, -0.2) is 17.8 Å². The van der Waals surface area contributed by atoms with Gasteiger partial charge in [-0.3, -0.25) is 0 Å². The molecule has 0 spiro atoms. The number of aliphatic hydroxyl groups excluding tert-OH is 1. The van der Waals surface area contributed by atoms with Crippen LogP contribution in [0.3, 0.4) is 0 Å². The largest absolute Gasteiger partial charge is 0.493 e. The van der Waals surface area contributed by atoms with Crippen molar-refractivity contribution in [2.24, 2.45) is 0 Å². The lowest BCUT2D eigenvalue weighted by Gasteiger charge is -2.21. The summed E-state index contributed by atoms with van der Waals surface area (Å²) in [4.78, 5) is 0. The van der Waals surface area contributed by atoms with Crippen LogP contribution in [0, 0.1) is 18.2 Å². The van der Waals surface area contributed by atoms with Crippen molar-refractivity contribution in [3.8, 4) is 18.1 Å². The maximum Gasteiger partial charge on any atom is 0.123 e. The van der Waals surface area contributed by atoms with Crippen LogP contribution >= 0.6 is 0 Å². The van der Waals surface area contributed by atoms with Gasteiger partial charge in [0.1, 0.15) is 11.6 Å². The summed E-state index contributed by atoms with van der Waals surface area (Å²) >= 11 is 0. The molecule has 3 nitrogen and oxygen atoms in total. The number of terminal acetylenes is 1. The van der Waals surface area contributed by atoms with Gasteiger partial charge in [0, 0.05) is 19.0 Å². The Kier molecular flexibility index (Phi) is 6.80. The molecular weight excluding hydrogens is 305 g/mol. The highest BCUT2D eigenvalue weighted by molar-refractivity contribution is 5.27. The van der Waals surface area contributed by atoms with Crippen molar-refractivity contribution in [1.29, 1.82) is 0 Å². The zero-order valence-electron chi connectivity index (χ0n) is 13.7. The third-order valence-corrected chi connectivity index (χ3v) is 3.75. The molecule has 0 radical (unpaired) electrons. The molecule has 2 rings (SSSR count). The SMILES string of the molecule is C#CCCOc1ccc(CNC(C)C(O)c2ccc(F)cc2)cc1. The van der Waals surface area contributed by atoms with E-state index in [4.69, 9.17) is 11.2 Å². The van der Waals surface area contributed by atoms with Gasteiger partial charge in [-0.25, -0.2) is 4.39 Å². The van der Waals surface area contributed by atoms with E-state index in [1.807, 2.05) is 31.2 Å². The normalized spacial score (nSPS) is 13.1. The van der Waals surface area contributed by atoms with E-state index in [-0.39, 0.29) is 11.9 Å². The average Bonchev–Trinajstić information content (AvgIpc) is 2.61. The Morgan fingerprint density at radius 2 is 1.83 bits per heavy atom. The molecule has 0 heterocycles. The van der Waals surface area contributed by atoms with Crippen LogP contribution in [0.2, 0.25) is 0 Å². The summed E-state index contributed by atoms with van der Waals surface area (Å²) in [5.41, 5.74) is 1.77. The molecule has 2 unspecified atom stereocenters. The Hall–Kier alpha value is -2.35. The quantitative estimate of drug-likeness (QED) is 0.576.